The molecule has 0 aliphatic carbocycles. The lowest BCUT2D eigenvalue weighted by Crippen LogP contribution is -2.63. The van der Waals surface area contributed by atoms with Crippen molar-refractivity contribution >= 4 is 40.8 Å². The number of cyclic esters (lactones) is 1. The molecule has 0 saturated carbocycles. The van der Waals surface area contributed by atoms with Gasteiger partial charge in [-0.2, -0.15) is 0 Å². The van der Waals surface area contributed by atoms with E-state index in [1.54, 1.807) is 42.5 Å². The number of esters is 1. The number of amides is 1. The molecule has 2 aliphatic heterocycles. The number of ether oxygens (including phenoxy) is 3. The van der Waals surface area contributed by atoms with Crippen molar-refractivity contribution in [2.75, 3.05) is 32.5 Å². The van der Waals surface area contributed by atoms with E-state index in [4.69, 9.17) is 37.4 Å². The summed E-state index contributed by atoms with van der Waals surface area (Å²) in [5.74, 6) is -0.356. The number of carbonyl (C=O) groups is 2. The van der Waals surface area contributed by atoms with Gasteiger partial charge in [0.2, 0.25) is 5.91 Å². The van der Waals surface area contributed by atoms with Gasteiger partial charge in [0, 0.05) is 24.1 Å². The minimum Gasteiger partial charge on any atom is -0.496 e. The first kappa shape index (κ1) is 22.6. The van der Waals surface area contributed by atoms with Crippen molar-refractivity contribution in [3.05, 3.63) is 70.2 Å². The summed E-state index contributed by atoms with van der Waals surface area (Å²) in [5.41, 5.74) is -1.18. The summed E-state index contributed by atoms with van der Waals surface area (Å²) < 4.78 is 16.5. The number of carbonyl (C=O) groups excluding carboxylic acids is 2. The Morgan fingerprint density at radius 3 is 2.62 bits per heavy atom. The fourth-order valence-electron chi connectivity index (χ4n) is 5.25. The Labute approximate surface area is 196 Å². The van der Waals surface area contributed by atoms with E-state index in [-0.39, 0.29) is 32.1 Å². The molecule has 168 valence electrons. The Morgan fingerprint density at radius 1 is 1.19 bits per heavy atom. The Kier molecular flexibility index (Phi) is 5.96. The van der Waals surface area contributed by atoms with Gasteiger partial charge < -0.3 is 14.2 Å². The number of methoxy groups -OCH3 is 2. The van der Waals surface area contributed by atoms with E-state index >= 15 is 0 Å². The van der Waals surface area contributed by atoms with Gasteiger partial charge in [-0.05, 0) is 30.2 Å². The molecular weight excluding hydrogens is 453 g/mol. The molecule has 1 amide bonds. The second-order valence-corrected chi connectivity index (χ2v) is 8.67. The molecule has 0 unspecified atom stereocenters. The van der Waals surface area contributed by atoms with Gasteiger partial charge in [-0.25, -0.2) is 0 Å². The fourth-order valence-corrected chi connectivity index (χ4v) is 5.84. The van der Waals surface area contributed by atoms with Gasteiger partial charge >= 0.3 is 5.97 Å². The molecule has 32 heavy (non-hydrogen) atoms. The number of fused-ring (bicyclic) bond motifs is 2. The normalized spacial score (nSPS) is 24.4. The second-order valence-electron chi connectivity index (χ2n) is 7.82. The zero-order chi connectivity index (χ0) is 23.1. The first-order valence-corrected chi connectivity index (χ1v) is 10.9. The first-order valence-electron chi connectivity index (χ1n) is 10.1. The molecule has 4 rings (SSSR count). The van der Waals surface area contributed by atoms with Crippen LogP contribution in [0, 0.1) is 0 Å². The number of allylic oxidation sites excluding steroid dienone is 1. The van der Waals surface area contributed by atoms with Gasteiger partial charge in [0.15, 0.2) is 0 Å². The number of benzene rings is 2. The minimum absolute atomic E-state index is 0.0277. The van der Waals surface area contributed by atoms with E-state index in [1.807, 2.05) is 0 Å². The highest BCUT2D eigenvalue weighted by Gasteiger charge is 2.70. The van der Waals surface area contributed by atoms with Crippen molar-refractivity contribution in [2.45, 2.75) is 23.7 Å². The summed E-state index contributed by atoms with van der Waals surface area (Å²) in [6.45, 7) is 3.94. The zero-order valence-electron chi connectivity index (χ0n) is 17.8. The summed E-state index contributed by atoms with van der Waals surface area (Å²) in [4.78, 5) is 29.5. The van der Waals surface area contributed by atoms with E-state index in [2.05, 4.69) is 6.58 Å². The van der Waals surface area contributed by atoms with Gasteiger partial charge in [0.1, 0.15) is 23.3 Å². The van der Waals surface area contributed by atoms with Gasteiger partial charge in [-0.15, -0.1) is 6.58 Å². The van der Waals surface area contributed by atoms with Crippen LogP contribution >= 0.6 is 23.2 Å². The van der Waals surface area contributed by atoms with Crippen LogP contribution in [0.3, 0.4) is 0 Å². The quantitative estimate of drug-likeness (QED) is 0.449. The lowest BCUT2D eigenvalue weighted by atomic mass is 9.53. The van der Waals surface area contributed by atoms with Crippen molar-refractivity contribution < 1.29 is 23.8 Å². The predicted octanol–water partition coefficient (Wildman–Crippen LogP) is 4.65. The third-order valence-electron chi connectivity index (χ3n) is 6.43. The van der Waals surface area contributed by atoms with Crippen LogP contribution in [0.2, 0.25) is 10.0 Å². The number of anilines is 1. The number of rotatable bonds is 6. The van der Waals surface area contributed by atoms with Crippen LogP contribution in [0.25, 0.3) is 0 Å². The van der Waals surface area contributed by atoms with E-state index in [9.17, 15) is 9.59 Å². The number of hydrogen-bond donors (Lipinski definition) is 0. The Hall–Kier alpha value is -2.54. The molecule has 6 nitrogen and oxygen atoms in total. The van der Waals surface area contributed by atoms with E-state index in [0.717, 1.165) is 0 Å². The van der Waals surface area contributed by atoms with Crippen molar-refractivity contribution in [1.29, 1.82) is 0 Å². The molecule has 1 spiro atoms. The van der Waals surface area contributed by atoms with Crippen molar-refractivity contribution in [3.63, 3.8) is 0 Å². The highest BCUT2D eigenvalue weighted by atomic mass is 35.5. The van der Waals surface area contributed by atoms with E-state index in [0.29, 0.717) is 32.6 Å². The molecule has 0 radical (unpaired) electrons. The number of para-hydroxylation sites is 1. The van der Waals surface area contributed by atoms with Crippen LogP contribution < -0.4 is 9.64 Å². The number of halogens is 2. The van der Waals surface area contributed by atoms with Crippen molar-refractivity contribution in [2.24, 2.45) is 0 Å². The zero-order valence-corrected chi connectivity index (χ0v) is 19.3. The summed E-state index contributed by atoms with van der Waals surface area (Å²) in [6.07, 6.45) is 2.01. The molecule has 1 fully saturated rings. The molecule has 2 atom stereocenters. The SMILES string of the molecule is C=CC[C@@]1(c2ccccc2OC)C(=O)OCC[C@]12C(=O)N(COC)c1c(Cl)cc(Cl)cc12. The van der Waals surface area contributed by atoms with E-state index < -0.39 is 16.8 Å². The summed E-state index contributed by atoms with van der Waals surface area (Å²) >= 11 is 13.0. The largest absolute Gasteiger partial charge is 0.496 e. The van der Waals surface area contributed by atoms with Gasteiger partial charge in [-0.3, -0.25) is 14.5 Å². The molecule has 1 saturated heterocycles. The highest BCUT2D eigenvalue weighted by molar-refractivity contribution is 6.38. The van der Waals surface area contributed by atoms with Crippen molar-refractivity contribution in [1.82, 2.24) is 0 Å². The van der Waals surface area contributed by atoms with E-state index in [1.165, 1.54) is 19.1 Å². The second kappa shape index (κ2) is 8.43. The topological polar surface area (TPSA) is 65.1 Å². The highest BCUT2D eigenvalue weighted by Crippen LogP contribution is 2.61. The molecule has 0 aromatic heterocycles. The van der Waals surface area contributed by atoms with Crippen LogP contribution in [-0.4, -0.2) is 39.4 Å². The van der Waals surface area contributed by atoms with Crippen LogP contribution in [0.15, 0.2) is 49.1 Å². The Bertz CT molecular complexity index is 1100. The molecule has 2 aromatic carbocycles. The Morgan fingerprint density at radius 2 is 1.94 bits per heavy atom. The van der Waals surface area contributed by atoms with Crippen LogP contribution in [-0.2, 0) is 29.9 Å². The van der Waals surface area contributed by atoms with Gasteiger partial charge in [0.25, 0.3) is 0 Å². The standard InChI is InChI=1S/C24H23Cl2NO5/c1-4-9-24(16-7-5-6-8-19(16)31-3)22(29)32-11-10-23(24)17-12-15(25)13-18(26)20(17)27(14-30-2)21(23)28/h4-8,12-13H,1,9-11,14H2,2-3H3/t23-,24+/m0/s1. The lowest BCUT2D eigenvalue weighted by Gasteiger charge is -2.49. The third-order valence-corrected chi connectivity index (χ3v) is 6.94. The Balaban J connectivity index is 2.15. The van der Waals surface area contributed by atoms with Crippen LogP contribution in [0.1, 0.15) is 24.0 Å². The predicted molar refractivity (Wildman–Crippen MR) is 123 cm³/mol. The number of hydrogen-bond acceptors (Lipinski definition) is 5. The van der Waals surface area contributed by atoms with Crippen LogP contribution in [0.4, 0.5) is 5.69 Å². The molecule has 2 aromatic rings. The monoisotopic (exact) mass is 475 g/mol. The lowest BCUT2D eigenvalue weighted by molar-refractivity contribution is -0.165. The molecule has 0 N–H and O–H groups in total. The minimum atomic E-state index is -1.44. The molecule has 8 heteroatoms. The maximum Gasteiger partial charge on any atom is 0.318 e. The van der Waals surface area contributed by atoms with Crippen molar-refractivity contribution in [3.8, 4) is 5.75 Å². The fraction of sp³-hybridized carbons (Fsp3) is 0.333. The maximum absolute atomic E-state index is 14.3. The average Bonchev–Trinajstić information content (AvgIpc) is 3.00. The van der Waals surface area contributed by atoms with Gasteiger partial charge in [-0.1, -0.05) is 47.5 Å². The average molecular weight is 476 g/mol. The van der Waals surface area contributed by atoms with Crippen LogP contribution in [0.5, 0.6) is 5.75 Å². The molecule has 0 bridgehead atoms. The molecular formula is C24H23Cl2NO5. The summed E-state index contributed by atoms with van der Waals surface area (Å²) in [7, 11) is 3.02. The summed E-state index contributed by atoms with van der Waals surface area (Å²) in [6, 6.07) is 10.4. The van der Waals surface area contributed by atoms with Gasteiger partial charge in [0.05, 0.1) is 24.4 Å². The third kappa shape index (κ3) is 2.90. The smallest absolute Gasteiger partial charge is 0.318 e. The molecule has 2 aliphatic rings. The number of nitrogens with zero attached hydrogens (tertiary/aromatic N) is 1. The first-order chi connectivity index (χ1) is 15.4. The summed E-state index contributed by atoms with van der Waals surface area (Å²) in [5, 5.41) is 0.674. The molecule has 2 heterocycles. The maximum atomic E-state index is 14.3.